The summed E-state index contributed by atoms with van der Waals surface area (Å²) in [5.41, 5.74) is 8.88. The maximum absolute atomic E-state index is 12.8. The van der Waals surface area contributed by atoms with Crippen LogP contribution in [0.3, 0.4) is 0 Å². The summed E-state index contributed by atoms with van der Waals surface area (Å²) in [5, 5.41) is 6.46. The molecular weight excluding hydrogens is 370 g/mol. The molecule has 4 aromatic rings. The van der Waals surface area contributed by atoms with Crippen LogP contribution in [-0.2, 0) is 0 Å². The fourth-order valence-electron chi connectivity index (χ4n) is 3.06. The van der Waals surface area contributed by atoms with E-state index >= 15 is 0 Å². The van der Waals surface area contributed by atoms with Gasteiger partial charge in [0.05, 0.1) is 12.0 Å². The molecule has 146 valence electrons. The molecule has 0 fully saturated rings. The lowest BCUT2D eigenvalue weighted by atomic mass is 10.0. The van der Waals surface area contributed by atoms with Crippen molar-refractivity contribution in [3.63, 3.8) is 0 Å². The van der Waals surface area contributed by atoms with Gasteiger partial charge < -0.3 is 25.8 Å². The third kappa shape index (κ3) is 3.74. The lowest BCUT2D eigenvalue weighted by molar-refractivity contribution is 0.0993. The van der Waals surface area contributed by atoms with Gasteiger partial charge >= 0.3 is 0 Å². The Morgan fingerprint density at radius 3 is 2.69 bits per heavy atom. The third-order valence-electron chi connectivity index (χ3n) is 4.51. The fourth-order valence-corrected chi connectivity index (χ4v) is 3.06. The number of H-pyrrole nitrogens is 1. The van der Waals surface area contributed by atoms with Crippen molar-refractivity contribution in [3.8, 4) is 0 Å². The van der Waals surface area contributed by atoms with E-state index in [4.69, 9.17) is 10.2 Å². The number of nitrogens with zero attached hydrogens (tertiary/aromatic N) is 1. The molecule has 4 rings (SSSR count). The Bertz CT molecular complexity index is 1180. The van der Waals surface area contributed by atoms with Gasteiger partial charge in [0.25, 0.3) is 11.8 Å². The highest BCUT2D eigenvalue weighted by atomic mass is 16.3. The molecule has 5 N–H and O–H groups in total. The number of rotatable bonds is 5. The summed E-state index contributed by atoms with van der Waals surface area (Å²) in [7, 11) is 0. The number of benzene rings is 1. The number of nitrogens with one attached hydrogen (secondary N) is 3. The fraction of sp³-hybridized carbons (Fsp3) is 0.0952. The molecule has 2 amide bonds. The first-order valence-corrected chi connectivity index (χ1v) is 9.01. The number of hydrogen-bond donors (Lipinski definition) is 4. The zero-order valence-electron chi connectivity index (χ0n) is 15.6. The highest BCUT2D eigenvalue weighted by molar-refractivity contribution is 6.09. The Labute approximate surface area is 166 Å². The smallest absolute Gasteiger partial charge is 0.291 e. The molecule has 0 bridgehead atoms. The maximum atomic E-state index is 12.8. The van der Waals surface area contributed by atoms with E-state index in [1.54, 1.807) is 55.7 Å². The van der Waals surface area contributed by atoms with Crippen LogP contribution in [0, 0.1) is 0 Å². The second-order valence-corrected chi connectivity index (χ2v) is 6.57. The number of carbonyl (C=O) groups excluding carboxylic acids is 2. The molecule has 1 aromatic carbocycles. The number of nitrogens with two attached hydrogens (primary N) is 1. The first kappa shape index (κ1) is 18.5. The molecule has 1 unspecified atom stereocenters. The van der Waals surface area contributed by atoms with E-state index < -0.39 is 5.91 Å². The van der Waals surface area contributed by atoms with Gasteiger partial charge in [0.15, 0.2) is 5.76 Å². The van der Waals surface area contributed by atoms with Crippen LogP contribution in [-0.4, -0.2) is 21.8 Å². The standard InChI is InChI=1S/C21H19N5O3/c1-12(22)14-5-4-13(11-17(14)26-21(28)18-3-2-10-29-18)20(27)25-16-7-9-24-19-15(16)6-8-23-19/h2-12H,22H2,1H3,(H,26,28)(H2,23,24,25,27). The minimum Gasteiger partial charge on any atom is -0.459 e. The Kier molecular flexibility index (Phi) is 4.84. The van der Waals surface area contributed by atoms with Crippen LogP contribution in [0.2, 0.25) is 0 Å². The second kappa shape index (κ2) is 7.61. The number of amides is 2. The first-order chi connectivity index (χ1) is 14.0. The van der Waals surface area contributed by atoms with E-state index in [2.05, 4.69) is 20.6 Å². The minimum absolute atomic E-state index is 0.169. The van der Waals surface area contributed by atoms with Gasteiger partial charge in [-0.3, -0.25) is 9.59 Å². The van der Waals surface area contributed by atoms with Crippen LogP contribution >= 0.6 is 0 Å². The molecule has 0 radical (unpaired) electrons. The molecule has 0 aliphatic rings. The zero-order valence-corrected chi connectivity index (χ0v) is 15.6. The van der Waals surface area contributed by atoms with Crippen LogP contribution in [0.4, 0.5) is 11.4 Å². The van der Waals surface area contributed by atoms with Gasteiger partial charge in [-0.15, -0.1) is 0 Å². The summed E-state index contributed by atoms with van der Waals surface area (Å²) in [6, 6.07) is 11.4. The van der Waals surface area contributed by atoms with E-state index in [9.17, 15) is 9.59 Å². The molecule has 0 aliphatic heterocycles. The molecule has 0 saturated heterocycles. The number of pyridine rings is 1. The molecule has 8 nitrogen and oxygen atoms in total. The van der Waals surface area contributed by atoms with Gasteiger partial charge in [0.1, 0.15) is 5.65 Å². The molecular formula is C21H19N5O3. The third-order valence-corrected chi connectivity index (χ3v) is 4.51. The largest absolute Gasteiger partial charge is 0.459 e. The Morgan fingerprint density at radius 1 is 1.10 bits per heavy atom. The number of anilines is 2. The van der Waals surface area contributed by atoms with Crippen molar-refractivity contribution in [2.75, 3.05) is 10.6 Å². The van der Waals surface area contributed by atoms with Crippen LogP contribution in [0.1, 0.15) is 39.4 Å². The number of fused-ring (bicyclic) bond motifs is 1. The van der Waals surface area contributed by atoms with Crippen LogP contribution in [0.25, 0.3) is 11.0 Å². The minimum atomic E-state index is -0.419. The summed E-state index contributed by atoms with van der Waals surface area (Å²) < 4.78 is 5.13. The molecule has 0 spiro atoms. The van der Waals surface area contributed by atoms with Gasteiger partial charge in [0, 0.05) is 35.1 Å². The quantitative estimate of drug-likeness (QED) is 0.414. The van der Waals surface area contributed by atoms with Gasteiger partial charge in [-0.2, -0.15) is 0 Å². The summed E-state index contributed by atoms with van der Waals surface area (Å²) in [6.07, 6.45) is 4.79. The lowest BCUT2D eigenvalue weighted by Crippen LogP contribution is -2.18. The molecule has 3 aromatic heterocycles. The normalized spacial score (nSPS) is 11.9. The molecule has 0 aliphatic carbocycles. The number of carbonyl (C=O) groups is 2. The van der Waals surface area contributed by atoms with E-state index in [0.29, 0.717) is 28.1 Å². The van der Waals surface area contributed by atoms with Crippen LogP contribution in [0.5, 0.6) is 0 Å². The topological polar surface area (TPSA) is 126 Å². The van der Waals surface area contributed by atoms with Crippen molar-refractivity contribution >= 4 is 34.2 Å². The van der Waals surface area contributed by atoms with Crippen molar-refractivity contribution in [2.45, 2.75) is 13.0 Å². The maximum Gasteiger partial charge on any atom is 0.291 e. The van der Waals surface area contributed by atoms with E-state index in [-0.39, 0.29) is 17.7 Å². The van der Waals surface area contributed by atoms with Crippen molar-refractivity contribution in [1.29, 1.82) is 0 Å². The zero-order chi connectivity index (χ0) is 20.4. The summed E-state index contributed by atoms with van der Waals surface area (Å²) in [5.74, 6) is -0.567. The van der Waals surface area contributed by atoms with Crippen molar-refractivity contribution in [3.05, 3.63) is 78.0 Å². The summed E-state index contributed by atoms with van der Waals surface area (Å²) in [6.45, 7) is 1.80. The van der Waals surface area contributed by atoms with Crippen molar-refractivity contribution in [1.82, 2.24) is 9.97 Å². The van der Waals surface area contributed by atoms with Gasteiger partial charge in [-0.1, -0.05) is 6.07 Å². The molecule has 1 atom stereocenters. The van der Waals surface area contributed by atoms with E-state index in [1.165, 1.54) is 6.26 Å². The van der Waals surface area contributed by atoms with E-state index in [1.807, 2.05) is 6.07 Å². The Hall–Kier alpha value is -3.91. The summed E-state index contributed by atoms with van der Waals surface area (Å²) >= 11 is 0. The highest BCUT2D eigenvalue weighted by Gasteiger charge is 2.17. The molecule has 0 saturated carbocycles. The van der Waals surface area contributed by atoms with E-state index in [0.717, 1.165) is 5.39 Å². The predicted octanol–water partition coefficient (Wildman–Crippen LogP) is 3.68. The number of aromatic nitrogens is 2. The Balaban J connectivity index is 1.62. The molecule has 8 heteroatoms. The average molecular weight is 389 g/mol. The monoisotopic (exact) mass is 389 g/mol. The second-order valence-electron chi connectivity index (χ2n) is 6.57. The SMILES string of the molecule is CC(N)c1ccc(C(=O)Nc2ccnc3[nH]ccc23)cc1NC(=O)c1ccco1. The number of aromatic amines is 1. The average Bonchev–Trinajstić information content (AvgIpc) is 3.40. The van der Waals surface area contributed by atoms with Crippen LogP contribution < -0.4 is 16.4 Å². The van der Waals surface area contributed by atoms with Crippen LogP contribution in [0.15, 0.2) is 65.5 Å². The van der Waals surface area contributed by atoms with Crippen molar-refractivity contribution < 1.29 is 14.0 Å². The van der Waals surface area contributed by atoms with Gasteiger partial charge in [-0.05, 0) is 48.9 Å². The highest BCUT2D eigenvalue weighted by Crippen LogP contribution is 2.26. The van der Waals surface area contributed by atoms with Gasteiger partial charge in [0.2, 0.25) is 0 Å². The lowest BCUT2D eigenvalue weighted by Gasteiger charge is -2.15. The number of hydrogen-bond acceptors (Lipinski definition) is 5. The van der Waals surface area contributed by atoms with Gasteiger partial charge in [-0.25, -0.2) is 4.98 Å². The molecule has 29 heavy (non-hydrogen) atoms. The van der Waals surface area contributed by atoms with Crippen molar-refractivity contribution in [2.24, 2.45) is 5.73 Å². The molecule has 3 heterocycles. The summed E-state index contributed by atoms with van der Waals surface area (Å²) in [4.78, 5) is 32.4. The number of furan rings is 1. The Morgan fingerprint density at radius 2 is 1.93 bits per heavy atom. The predicted molar refractivity (Wildman–Crippen MR) is 110 cm³/mol. The first-order valence-electron chi connectivity index (χ1n) is 9.01.